The summed E-state index contributed by atoms with van der Waals surface area (Å²) in [6.45, 7) is 2.70. The number of aryl methyl sites for hydroxylation is 1. The van der Waals surface area contributed by atoms with Crippen LogP contribution in [0.5, 0.6) is 11.5 Å². The molecule has 0 atom stereocenters. The zero-order valence-electron chi connectivity index (χ0n) is 17.1. The first-order valence-electron chi connectivity index (χ1n) is 10.1. The first-order valence-corrected chi connectivity index (χ1v) is 11.3. The van der Waals surface area contributed by atoms with E-state index in [2.05, 4.69) is 24.4 Å². The fourth-order valence-electron chi connectivity index (χ4n) is 3.29. The number of carbonyl (C=O) groups excluding carboxylic acids is 2. The van der Waals surface area contributed by atoms with Crippen LogP contribution in [0.15, 0.2) is 47.4 Å². The number of hydrogen-bond donors (Lipinski definition) is 1. The number of benzene rings is 2. The fourth-order valence-corrected chi connectivity index (χ4v) is 4.60. The standard InChI is InChI=1S/C23H22N2O4S2/c1-2-15-5-7-16(8-6-15)12-20-22(27)25(23(30)31-20)11-3-4-21(26)24-17-9-10-18-19(13-17)29-14-28-18/h5-10,12-13H,2-4,11,14H2,1H3,(H,24,26)/b20-12+. The summed E-state index contributed by atoms with van der Waals surface area (Å²) in [7, 11) is 0. The molecular formula is C23H22N2O4S2. The highest BCUT2D eigenvalue weighted by Crippen LogP contribution is 2.34. The van der Waals surface area contributed by atoms with E-state index in [1.807, 2.05) is 18.2 Å². The molecule has 4 rings (SSSR count). The van der Waals surface area contributed by atoms with Gasteiger partial charge in [-0.25, -0.2) is 0 Å². The largest absolute Gasteiger partial charge is 0.454 e. The minimum atomic E-state index is -0.129. The SMILES string of the molecule is CCc1ccc(/C=C2/SC(=S)N(CCCC(=O)Nc3ccc4c(c3)OCO4)C2=O)cc1. The number of ether oxygens (including phenoxy) is 2. The highest BCUT2D eigenvalue weighted by atomic mass is 32.2. The summed E-state index contributed by atoms with van der Waals surface area (Å²) in [4.78, 5) is 27.2. The van der Waals surface area contributed by atoms with Gasteiger partial charge in [0, 0.05) is 24.7 Å². The Kier molecular flexibility index (Phi) is 6.58. The molecule has 2 aromatic carbocycles. The molecule has 0 aromatic heterocycles. The molecule has 0 bridgehead atoms. The fraction of sp³-hybridized carbons (Fsp3) is 0.261. The van der Waals surface area contributed by atoms with Gasteiger partial charge in [0.1, 0.15) is 4.32 Å². The Morgan fingerprint density at radius 1 is 1.19 bits per heavy atom. The van der Waals surface area contributed by atoms with Crippen LogP contribution in [-0.2, 0) is 16.0 Å². The van der Waals surface area contributed by atoms with Gasteiger partial charge in [-0.15, -0.1) is 0 Å². The van der Waals surface area contributed by atoms with E-state index in [1.54, 1.807) is 23.1 Å². The predicted molar refractivity (Wildman–Crippen MR) is 126 cm³/mol. The van der Waals surface area contributed by atoms with Crippen molar-refractivity contribution >= 4 is 51.9 Å². The summed E-state index contributed by atoms with van der Waals surface area (Å²) >= 11 is 6.68. The second kappa shape index (κ2) is 9.53. The third kappa shape index (κ3) is 5.08. The lowest BCUT2D eigenvalue weighted by molar-refractivity contribution is -0.122. The smallest absolute Gasteiger partial charge is 0.266 e. The van der Waals surface area contributed by atoms with Crippen LogP contribution in [0.2, 0.25) is 0 Å². The number of fused-ring (bicyclic) bond motifs is 1. The monoisotopic (exact) mass is 454 g/mol. The van der Waals surface area contributed by atoms with E-state index >= 15 is 0 Å². The molecule has 1 N–H and O–H groups in total. The van der Waals surface area contributed by atoms with Crippen molar-refractivity contribution in [3.05, 3.63) is 58.5 Å². The quantitative estimate of drug-likeness (QED) is 0.487. The number of nitrogens with one attached hydrogen (secondary N) is 1. The lowest BCUT2D eigenvalue weighted by Gasteiger charge is -2.14. The zero-order chi connectivity index (χ0) is 21.8. The molecule has 2 heterocycles. The Balaban J connectivity index is 1.29. The average molecular weight is 455 g/mol. The summed E-state index contributed by atoms with van der Waals surface area (Å²) in [6.07, 6.45) is 3.64. The molecule has 0 unspecified atom stereocenters. The van der Waals surface area contributed by atoms with Gasteiger partial charge >= 0.3 is 0 Å². The molecule has 1 saturated heterocycles. The Morgan fingerprint density at radius 3 is 2.74 bits per heavy atom. The molecule has 1 fully saturated rings. The summed E-state index contributed by atoms with van der Waals surface area (Å²) < 4.78 is 11.1. The molecular weight excluding hydrogens is 432 g/mol. The van der Waals surface area contributed by atoms with E-state index in [4.69, 9.17) is 21.7 Å². The van der Waals surface area contributed by atoms with E-state index in [0.717, 1.165) is 12.0 Å². The van der Waals surface area contributed by atoms with E-state index < -0.39 is 0 Å². The average Bonchev–Trinajstić information content (AvgIpc) is 3.33. The molecule has 2 aliphatic rings. The van der Waals surface area contributed by atoms with Gasteiger partial charge in [0.25, 0.3) is 5.91 Å². The summed E-state index contributed by atoms with van der Waals surface area (Å²) in [5.41, 5.74) is 2.88. The number of hydrogen-bond acceptors (Lipinski definition) is 6. The maximum atomic E-state index is 12.7. The van der Waals surface area contributed by atoms with Crippen LogP contribution >= 0.6 is 24.0 Å². The number of rotatable bonds is 7. The molecule has 2 aromatic rings. The van der Waals surface area contributed by atoms with Crippen molar-refractivity contribution in [2.75, 3.05) is 18.7 Å². The second-order valence-electron chi connectivity index (χ2n) is 7.15. The van der Waals surface area contributed by atoms with Crippen molar-refractivity contribution in [1.29, 1.82) is 0 Å². The third-order valence-corrected chi connectivity index (χ3v) is 6.38. The number of anilines is 1. The van der Waals surface area contributed by atoms with Gasteiger partial charge in [-0.05, 0) is 42.2 Å². The van der Waals surface area contributed by atoms with Crippen LogP contribution in [0.4, 0.5) is 5.69 Å². The number of thiocarbonyl (C=S) groups is 1. The first kappa shape index (κ1) is 21.4. The zero-order valence-corrected chi connectivity index (χ0v) is 18.7. The van der Waals surface area contributed by atoms with E-state index in [9.17, 15) is 9.59 Å². The molecule has 8 heteroatoms. The van der Waals surface area contributed by atoms with Crippen LogP contribution in [-0.4, -0.2) is 34.4 Å². The molecule has 160 valence electrons. The molecule has 0 radical (unpaired) electrons. The van der Waals surface area contributed by atoms with Crippen LogP contribution < -0.4 is 14.8 Å². The highest BCUT2D eigenvalue weighted by Gasteiger charge is 2.31. The summed E-state index contributed by atoms with van der Waals surface area (Å²) in [5, 5.41) is 2.84. The van der Waals surface area contributed by atoms with Gasteiger partial charge < -0.3 is 14.8 Å². The van der Waals surface area contributed by atoms with Crippen molar-refractivity contribution in [1.82, 2.24) is 4.90 Å². The van der Waals surface area contributed by atoms with Crippen molar-refractivity contribution in [2.24, 2.45) is 0 Å². The van der Waals surface area contributed by atoms with Gasteiger partial charge in [-0.3, -0.25) is 14.5 Å². The molecule has 6 nitrogen and oxygen atoms in total. The van der Waals surface area contributed by atoms with Crippen LogP contribution in [0.3, 0.4) is 0 Å². The van der Waals surface area contributed by atoms with E-state index in [-0.39, 0.29) is 25.0 Å². The van der Waals surface area contributed by atoms with Crippen LogP contribution in [0.1, 0.15) is 30.9 Å². The van der Waals surface area contributed by atoms with Gasteiger partial charge in [0.15, 0.2) is 11.5 Å². The van der Waals surface area contributed by atoms with Crippen molar-refractivity contribution < 1.29 is 19.1 Å². The topological polar surface area (TPSA) is 67.9 Å². The number of nitrogens with zero attached hydrogens (tertiary/aromatic N) is 1. The minimum Gasteiger partial charge on any atom is -0.454 e. The van der Waals surface area contributed by atoms with E-state index in [0.29, 0.717) is 39.4 Å². The van der Waals surface area contributed by atoms with Crippen molar-refractivity contribution in [3.63, 3.8) is 0 Å². The molecule has 2 amide bonds. The van der Waals surface area contributed by atoms with Crippen LogP contribution in [0, 0.1) is 0 Å². The van der Waals surface area contributed by atoms with Gasteiger partial charge in [-0.2, -0.15) is 0 Å². The number of carbonyl (C=O) groups is 2. The summed E-state index contributed by atoms with van der Waals surface area (Å²) in [5.74, 6) is 1.05. The Hall–Kier alpha value is -2.84. The molecule has 0 aliphatic carbocycles. The Morgan fingerprint density at radius 2 is 1.97 bits per heavy atom. The highest BCUT2D eigenvalue weighted by molar-refractivity contribution is 8.26. The third-order valence-electron chi connectivity index (χ3n) is 5.00. The Labute approximate surface area is 190 Å². The molecule has 2 aliphatic heterocycles. The maximum absolute atomic E-state index is 12.7. The molecule has 0 spiro atoms. The van der Waals surface area contributed by atoms with Gasteiger partial charge in [0.2, 0.25) is 12.7 Å². The second-order valence-corrected chi connectivity index (χ2v) is 8.82. The van der Waals surface area contributed by atoms with E-state index in [1.165, 1.54) is 17.3 Å². The first-order chi connectivity index (χ1) is 15.0. The van der Waals surface area contributed by atoms with Crippen molar-refractivity contribution in [2.45, 2.75) is 26.2 Å². The molecule has 31 heavy (non-hydrogen) atoms. The predicted octanol–water partition coefficient (Wildman–Crippen LogP) is 4.60. The number of amides is 2. The normalized spacial score (nSPS) is 16.3. The summed E-state index contributed by atoms with van der Waals surface area (Å²) in [6, 6.07) is 13.4. The van der Waals surface area contributed by atoms with Crippen LogP contribution in [0.25, 0.3) is 6.08 Å². The maximum Gasteiger partial charge on any atom is 0.266 e. The minimum absolute atomic E-state index is 0.106. The lowest BCUT2D eigenvalue weighted by atomic mass is 10.1. The van der Waals surface area contributed by atoms with Crippen molar-refractivity contribution in [3.8, 4) is 11.5 Å². The number of thioether (sulfide) groups is 1. The lowest BCUT2D eigenvalue weighted by Crippen LogP contribution is -2.29. The Bertz CT molecular complexity index is 1050. The van der Waals surface area contributed by atoms with Gasteiger partial charge in [0.05, 0.1) is 4.91 Å². The molecule has 0 saturated carbocycles. The van der Waals surface area contributed by atoms with Gasteiger partial charge in [-0.1, -0.05) is 55.2 Å².